The topological polar surface area (TPSA) is 39.9 Å². The summed E-state index contributed by atoms with van der Waals surface area (Å²) in [6.07, 6.45) is 16.5. The van der Waals surface area contributed by atoms with Crippen molar-refractivity contribution in [1.82, 2.24) is 9.80 Å². The van der Waals surface area contributed by atoms with Gasteiger partial charge in [-0.3, -0.25) is 0 Å². The van der Waals surface area contributed by atoms with Gasteiger partial charge in [-0.05, 0) is 18.6 Å². The summed E-state index contributed by atoms with van der Waals surface area (Å²) >= 11 is 0. The normalized spacial score (nSPS) is 15.7. The molecular formula is C21H36N2O2. The number of aliphatic hydroxyl groups is 1. The van der Waals surface area contributed by atoms with E-state index in [1.807, 2.05) is 25.4 Å². The van der Waals surface area contributed by atoms with E-state index in [2.05, 4.69) is 16.7 Å². The first-order valence-corrected chi connectivity index (χ1v) is 10.1. The summed E-state index contributed by atoms with van der Waals surface area (Å²) < 4.78 is 5.36. The van der Waals surface area contributed by atoms with E-state index in [1.54, 1.807) is 6.26 Å². The number of furan rings is 1. The van der Waals surface area contributed by atoms with E-state index in [-0.39, 0.29) is 0 Å². The Hall–Kier alpha value is -1.42. The average molecular weight is 349 g/mol. The smallest absolute Gasteiger partial charge is 0.153 e. The fourth-order valence-corrected chi connectivity index (χ4v) is 3.53. The van der Waals surface area contributed by atoms with Crippen molar-refractivity contribution in [2.24, 2.45) is 0 Å². The van der Waals surface area contributed by atoms with Crippen molar-refractivity contribution in [3.63, 3.8) is 0 Å². The van der Waals surface area contributed by atoms with E-state index < -0.39 is 6.10 Å². The molecule has 2 rings (SSSR count). The minimum absolute atomic E-state index is 0.620. The van der Waals surface area contributed by atoms with Crippen molar-refractivity contribution in [3.05, 3.63) is 36.1 Å². The van der Waals surface area contributed by atoms with Crippen LogP contribution in [0.15, 0.2) is 34.7 Å². The van der Waals surface area contributed by atoms with Gasteiger partial charge in [0.15, 0.2) is 6.10 Å². The first kappa shape index (κ1) is 19.9. The summed E-state index contributed by atoms with van der Waals surface area (Å²) in [5.74, 6) is 0.620. The monoisotopic (exact) mass is 348 g/mol. The number of hydrogen-bond donors (Lipinski definition) is 1. The molecule has 0 amide bonds. The van der Waals surface area contributed by atoms with Crippen molar-refractivity contribution in [2.75, 3.05) is 20.3 Å². The molecule has 0 fully saturated rings. The first-order valence-electron chi connectivity index (χ1n) is 10.1. The molecule has 2 heterocycles. The lowest BCUT2D eigenvalue weighted by Gasteiger charge is -2.24. The second-order valence-electron chi connectivity index (χ2n) is 7.32. The largest absolute Gasteiger partial charge is 0.466 e. The maximum atomic E-state index is 10.5. The van der Waals surface area contributed by atoms with Crippen LogP contribution in [0.5, 0.6) is 0 Å². The molecule has 1 aliphatic heterocycles. The van der Waals surface area contributed by atoms with Crippen LogP contribution in [0.1, 0.15) is 83.0 Å². The highest BCUT2D eigenvalue weighted by Gasteiger charge is 2.26. The van der Waals surface area contributed by atoms with Crippen LogP contribution in [-0.2, 0) is 0 Å². The van der Waals surface area contributed by atoms with Gasteiger partial charge >= 0.3 is 0 Å². The van der Waals surface area contributed by atoms with Crippen LogP contribution in [0, 0.1) is 0 Å². The quantitative estimate of drug-likeness (QED) is 0.492. The molecule has 0 radical (unpaired) electrons. The molecule has 4 nitrogen and oxygen atoms in total. The Bertz CT molecular complexity index is 484. The zero-order valence-electron chi connectivity index (χ0n) is 16.1. The summed E-state index contributed by atoms with van der Waals surface area (Å²) in [5, 5.41) is 10.5. The van der Waals surface area contributed by atoms with Gasteiger partial charge in [-0.15, -0.1) is 0 Å². The summed E-state index contributed by atoms with van der Waals surface area (Å²) in [5.41, 5.74) is 0.952. The molecule has 1 aliphatic rings. The van der Waals surface area contributed by atoms with Crippen molar-refractivity contribution in [2.45, 2.75) is 77.2 Å². The van der Waals surface area contributed by atoms with E-state index in [4.69, 9.17) is 4.42 Å². The van der Waals surface area contributed by atoms with Gasteiger partial charge in [0.1, 0.15) is 5.76 Å². The van der Waals surface area contributed by atoms with Crippen LogP contribution < -0.4 is 0 Å². The predicted molar refractivity (Wildman–Crippen MR) is 103 cm³/mol. The molecule has 1 N–H and O–H groups in total. The van der Waals surface area contributed by atoms with Gasteiger partial charge in [0.2, 0.25) is 0 Å². The molecule has 1 aromatic heterocycles. The summed E-state index contributed by atoms with van der Waals surface area (Å²) in [6.45, 7) is 4.13. The fraction of sp³-hybridized carbons (Fsp3) is 0.714. The number of rotatable bonds is 13. The fourth-order valence-electron chi connectivity index (χ4n) is 3.53. The van der Waals surface area contributed by atoms with Gasteiger partial charge in [-0.25, -0.2) is 0 Å². The van der Waals surface area contributed by atoms with Crippen LogP contribution in [0.4, 0.5) is 0 Å². The minimum atomic E-state index is -0.664. The molecule has 1 unspecified atom stereocenters. The number of unbranched alkanes of at least 4 members (excludes halogenated alkanes) is 9. The summed E-state index contributed by atoms with van der Waals surface area (Å²) in [7, 11) is 2.05. The van der Waals surface area contributed by atoms with Crippen LogP contribution in [-0.4, -0.2) is 35.2 Å². The van der Waals surface area contributed by atoms with Crippen LogP contribution in [0.3, 0.4) is 0 Å². The molecular weight excluding hydrogens is 312 g/mol. The molecule has 0 saturated heterocycles. The molecule has 0 bridgehead atoms. The second-order valence-corrected chi connectivity index (χ2v) is 7.32. The number of aliphatic hydroxyl groups excluding tert-OH is 1. The highest BCUT2D eigenvalue weighted by Crippen LogP contribution is 2.29. The van der Waals surface area contributed by atoms with Gasteiger partial charge in [-0.2, -0.15) is 0 Å². The summed E-state index contributed by atoms with van der Waals surface area (Å²) in [4.78, 5) is 4.40. The lowest BCUT2D eigenvalue weighted by Crippen LogP contribution is -2.28. The number of nitrogens with zero attached hydrogens (tertiary/aromatic N) is 2. The van der Waals surface area contributed by atoms with Gasteiger partial charge < -0.3 is 19.3 Å². The van der Waals surface area contributed by atoms with Crippen molar-refractivity contribution in [1.29, 1.82) is 0 Å². The van der Waals surface area contributed by atoms with Gasteiger partial charge in [0.05, 0.1) is 18.6 Å². The lowest BCUT2D eigenvalue weighted by atomic mass is 10.1. The molecule has 1 aromatic rings. The summed E-state index contributed by atoms with van der Waals surface area (Å²) in [6, 6.07) is 3.66. The standard InChI is InChI=1S/C21H36N2O2/c1-3-4-5-6-7-8-9-10-11-12-15-23-18-22(2)17-19(23)21(24)20-14-13-16-25-20/h13-14,16-17,21,24H,3-12,15,18H2,1-2H3. The Balaban J connectivity index is 1.59. The average Bonchev–Trinajstić information content (AvgIpc) is 3.26. The predicted octanol–water partition coefficient (Wildman–Crippen LogP) is 5.28. The Morgan fingerprint density at radius 3 is 2.28 bits per heavy atom. The third-order valence-corrected chi connectivity index (χ3v) is 4.99. The van der Waals surface area contributed by atoms with Crippen molar-refractivity contribution < 1.29 is 9.52 Å². The van der Waals surface area contributed by atoms with E-state index in [1.165, 1.54) is 64.2 Å². The van der Waals surface area contributed by atoms with Crippen LogP contribution in [0.25, 0.3) is 0 Å². The van der Waals surface area contributed by atoms with Crippen LogP contribution >= 0.6 is 0 Å². The van der Waals surface area contributed by atoms with E-state index >= 15 is 0 Å². The first-order chi connectivity index (χ1) is 12.2. The highest BCUT2D eigenvalue weighted by atomic mass is 16.4. The Kier molecular flexibility index (Phi) is 8.95. The molecule has 0 spiro atoms. The molecule has 0 aromatic carbocycles. The third-order valence-electron chi connectivity index (χ3n) is 4.99. The van der Waals surface area contributed by atoms with Crippen molar-refractivity contribution >= 4 is 0 Å². The maximum absolute atomic E-state index is 10.5. The van der Waals surface area contributed by atoms with Crippen molar-refractivity contribution in [3.8, 4) is 0 Å². The lowest BCUT2D eigenvalue weighted by molar-refractivity contribution is 0.142. The zero-order valence-corrected chi connectivity index (χ0v) is 16.1. The van der Waals surface area contributed by atoms with Gasteiger partial charge in [-0.1, -0.05) is 64.7 Å². The van der Waals surface area contributed by atoms with E-state index in [9.17, 15) is 5.11 Å². The third kappa shape index (κ3) is 6.77. The SMILES string of the molecule is CCCCCCCCCCCCN1CN(C)C=C1C(O)c1ccco1. The molecule has 25 heavy (non-hydrogen) atoms. The van der Waals surface area contributed by atoms with Gasteiger partial charge in [0, 0.05) is 19.8 Å². The minimum Gasteiger partial charge on any atom is -0.466 e. The van der Waals surface area contributed by atoms with Crippen LogP contribution in [0.2, 0.25) is 0 Å². The molecule has 0 saturated carbocycles. The molecule has 1 atom stereocenters. The molecule has 0 aliphatic carbocycles. The maximum Gasteiger partial charge on any atom is 0.153 e. The second kappa shape index (κ2) is 11.2. The highest BCUT2D eigenvalue weighted by molar-refractivity contribution is 5.19. The Morgan fingerprint density at radius 2 is 1.68 bits per heavy atom. The zero-order chi connectivity index (χ0) is 17.9. The van der Waals surface area contributed by atoms with E-state index in [0.717, 1.165) is 18.9 Å². The Labute approximate surface area is 153 Å². The van der Waals surface area contributed by atoms with Gasteiger partial charge in [0.25, 0.3) is 0 Å². The van der Waals surface area contributed by atoms with E-state index in [0.29, 0.717) is 5.76 Å². The molecule has 142 valence electrons. The Morgan fingerprint density at radius 1 is 1.04 bits per heavy atom. The number of hydrogen-bond acceptors (Lipinski definition) is 4. The molecule has 4 heteroatoms.